The highest BCUT2D eigenvalue weighted by Gasteiger charge is 2.18. The van der Waals surface area contributed by atoms with Gasteiger partial charge in [-0.25, -0.2) is 8.86 Å². The second kappa shape index (κ2) is 13.6. The molecule has 1 rings (SSSR count). The molecule has 0 saturated carbocycles. The molecule has 1 aromatic heterocycles. The number of hydrogen-bond acceptors (Lipinski definition) is 10. The summed E-state index contributed by atoms with van der Waals surface area (Å²) in [7, 11) is -2.73. The van der Waals surface area contributed by atoms with Gasteiger partial charge in [-0.05, 0) is 25.5 Å². The molecule has 1 heterocycles. The van der Waals surface area contributed by atoms with Gasteiger partial charge in [0, 0.05) is 19.0 Å². The normalized spacial score (nSPS) is 12.0. The number of likely N-dealkylation sites (N-methyl/N-ethyl adjacent to an activating group) is 1. The molecule has 0 amide bonds. The summed E-state index contributed by atoms with van der Waals surface area (Å²) in [6.45, 7) is -0.122. The molecule has 0 saturated heterocycles. The molecule has 0 fully saturated rings. The summed E-state index contributed by atoms with van der Waals surface area (Å²) in [5.41, 5.74) is 0.620. The lowest BCUT2D eigenvalue weighted by Crippen LogP contribution is -2.36. The van der Waals surface area contributed by atoms with E-state index < -0.39 is 10.4 Å². The van der Waals surface area contributed by atoms with E-state index in [-0.39, 0.29) is 31.1 Å². The Morgan fingerprint density at radius 3 is 2.69 bits per heavy atom. The zero-order valence-corrected chi connectivity index (χ0v) is 16.1. The van der Waals surface area contributed by atoms with E-state index in [2.05, 4.69) is 19.8 Å². The maximum Gasteiger partial charge on any atom is 0.397 e. The third-order valence-corrected chi connectivity index (χ3v) is 4.22. The number of hydrogen-bond donors (Lipinski definition) is 2. The lowest BCUT2D eigenvalue weighted by atomic mass is 10.0. The lowest BCUT2D eigenvalue weighted by molar-refractivity contribution is -0.191. The molecule has 0 radical (unpaired) electrons. The van der Waals surface area contributed by atoms with Gasteiger partial charge in [-0.3, -0.25) is 9.35 Å². The standard InChI is InChI=1S/C12H22N4O5S2.CO2/c1-13-11(12(17)4-3-7-22-2)8-10-9-16(15-14-10)5-6-21-23(18,19)20;2-1-3/h9,11,13H,3-8H2,1-2H3,(H,18,19,20);/t11-;/m0./s1. The van der Waals surface area contributed by atoms with Crippen LogP contribution in [0.2, 0.25) is 0 Å². The maximum absolute atomic E-state index is 12.1. The number of nitrogens with zero attached hydrogens (tertiary/aromatic N) is 3. The van der Waals surface area contributed by atoms with Crippen molar-refractivity contribution in [1.29, 1.82) is 0 Å². The number of nitrogens with one attached hydrogen (secondary N) is 1. The molecule has 13 heteroatoms. The first-order valence-corrected chi connectivity index (χ1v) is 10.2. The van der Waals surface area contributed by atoms with Crippen LogP contribution >= 0.6 is 11.8 Å². The summed E-state index contributed by atoms with van der Waals surface area (Å²) >= 11 is 1.71. The number of ketones is 1. The second-order valence-electron chi connectivity index (χ2n) is 4.91. The van der Waals surface area contributed by atoms with E-state index in [0.717, 1.165) is 12.2 Å². The molecule has 0 spiro atoms. The monoisotopic (exact) mass is 410 g/mol. The topological polar surface area (TPSA) is 158 Å². The van der Waals surface area contributed by atoms with Crippen LogP contribution in [0, 0.1) is 0 Å². The van der Waals surface area contributed by atoms with Crippen LogP contribution in [0.1, 0.15) is 18.5 Å². The van der Waals surface area contributed by atoms with Crippen LogP contribution in [0.15, 0.2) is 6.20 Å². The Labute approximate surface area is 155 Å². The van der Waals surface area contributed by atoms with Crippen molar-refractivity contribution in [3.05, 3.63) is 11.9 Å². The smallest absolute Gasteiger partial charge is 0.310 e. The van der Waals surface area contributed by atoms with E-state index in [1.165, 1.54) is 4.68 Å². The van der Waals surface area contributed by atoms with Crippen LogP contribution in [0.3, 0.4) is 0 Å². The molecule has 11 nitrogen and oxygen atoms in total. The van der Waals surface area contributed by atoms with Gasteiger partial charge < -0.3 is 5.32 Å². The molecule has 0 unspecified atom stereocenters. The number of aromatic nitrogens is 3. The Hall–Kier alpha value is -1.63. The molecule has 26 heavy (non-hydrogen) atoms. The largest absolute Gasteiger partial charge is 0.397 e. The summed E-state index contributed by atoms with van der Waals surface area (Å²) in [5, 5.41) is 10.8. The summed E-state index contributed by atoms with van der Waals surface area (Å²) in [4.78, 5) is 28.4. The minimum atomic E-state index is -4.45. The molecule has 0 bridgehead atoms. The lowest BCUT2D eigenvalue weighted by Gasteiger charge is -2.13. The van der Waals surface area contributed by atoms with E-state index in [4.69, 9.17) is 14.1 Å². The zero-order chi connectivity index (χ0) is 20.0. The zero-order valence-electron chi connectivity index (χ0n) is 14.5. The highest BCUT2D eigenvalue weighted by molar-refractivity contribution is 7.98. The highest BCUT2D eigenvalue weighted by Crippen LogP contribution is 2.06. The molecule has 1 atom stereocenters. The third-order valence-electron chi connectivity index (χ3n) is 3.06. The number of thioether (sulfide) groups is 1. The maximum atomic E-state index is 12.1. The molecule has 148 valence electrons. The van der Waals surface area contributed by atoms with Crippen LogP contribution in [-0.4, -0.2) is 71.6 Å². The first kappa shape index (κ1) is 24.4. The van der Waals surface area contributed by atoms with Crippen molar-refractivity contribution in [3.63, 3.8) is 0 Å². The van der Waals surface area contributed by atoms with Crippen LogP contribution in [0.4, 0.5) is 0 Å². The Bertz CT molecular complexity index is 672. The number of rotatable bonds is 12. The van der Waals surface area contributed by atoms with Gasteiger partial charge in [0.25, 0.3) is 0 Å². The van der Waals surface area contributed by atoms with Crippen LogP contribution < -0.4 is 5.32 Å². The van der Waals surface area contributed by atoms with Crippen molar-refractivity contribution in [3.8, 4) is 0 Å². The number of carbonyl (C=O) groups excluding carboxylic acids is 3. The predicted molar refractivity (Wildman–Crippen MR) is 91.7 cm³/mol. The number of Topliss-reactive ketones (excluding diaryl/α,β-unsaturated/α-hetero) is 1. The first-order valence-electron chi connectivity index (χ1n) is 7.46. The van der Waals surface area contributed by atoms with Crippen molar-refractivity contribution in [1.82, 2.24) is 20.3 Å². The van der Waals surface area contributed by atoms with Gasteiger partial charge in [0.05, 0.1) is 24.9 Å². The third kappa shape index (κ3) is 11.8. The highest BCUT2D eigenvalue weighted by atomic mass is 32.3. The van der Waals surface area contributed by atoms with Crippen molar-refractivity contribution < 1.29 is 31.5 Å². The summed E-state index contributed by atoms with van der Waals surface area (Å²) in [6.07, 6.45) is 5.64. The minimum Gasteiger partial charge on any atom is -0.310 e. The van der Waals surface area contributed by atoms with Crippen LogP contribution in [0.25, 0.3) is 0 Å². The average Bonchev–Trinajstić information content (AvgIpc) is 2.99. The fourth-order valence-corrected chi connectivity index (χ4v) is 2.65. The van der Waals surface area contributed by atoms with Crippen molar-refractivity contribution in [2.75, 3.05) is 25.7 Å². The van der Waals surface area contributed by atoms with E-state index in [0.29, 0.717) is 18.5 Å². The van der Waals surface area contributed by atoms with Crippen molar-refractivity contribution >= 4 is 34.1 Å². The van der Waals surface area contributed by atoms with E-state index in [1.807, 2.05) is 6.26 Å². The Morgan fingerprint density at radius 1 is 1.50 bits per heavy atom. The Balaban J connectivity index is 0.00000194. The summed E-state index contributed by atoms with van der Waals surface area (Å²) in [6, 6.07) is -0.323. The fourth-order valence-electron chi connectivity index (χ4n) is 1.93. The fraction of sp³-hybridized carbons (Fsp3) is 0.692. The first-order chi connectivity index (χ1) is 12.3. The Morgan fingerprint density at radius 2 is 2.15 bits per heavy atom. The van der Waals surface area contributed by atoms with Gasteiger partial charge in [0.1, 0.15) is 5.78 Å². The molecule has 0 aliphatic carbocycles. The average molecular weight is 410 g/mol. The molecule has 2 N–H and O–H groups in total. The molecular weight excluding hydrogens is 388 g/mol. The molecular formula is C13H22N4O7S2. The molecule has 0 aromatic carbocycles. The molecule has 0 aliphatic rings. The van der Waals surface area contributed by atoms with Gasteiger partial charge in [0.2, 0.25) is 0 Å². The quantitative estimate of drug-likeness (QED) is 0.333. The van der Waals surface area contributed by atoms with Crippen molar-refractivity contribution in [2.45, 2.75) is 31.8 Å². The van der Waals surface area contributed by atoms with Crippen LogP contribution in [-0.2, 0) is 41.9 Å². The van der Waals surface area contributed by atoms with Gasteiger partial charge in [-0.1, -0.05) is 5.21 Å². The second-order valence-corrected chi connectivity index (χ2v) is 6.99. The van der Waals surface area contributed by atoms with E-state index >= 15 is 0 Å². The molecule has 0 aliphatic heterocycles. The summed E-state index contributed by atoms with van der Waals surface area (Å²) < 4.78 is 34.9. The minimum absolute atomic E-state index is 0.124. The predicted octanol–water partition coefficient (Wildman–Crippen LogP) is -0.643. The van der Waals surface area contributed by atoms with Gasteiger partial charge >= 0.3 is 16.6 Å². The van der Waals surface area contributed by atoms with Gasteiger partial charge in [-0.2, -0.15) is 29.8 Å². The van der Waals surface area contributed by atoms with Gasteiger partial charge in [0.15, 0.2) is 0 Å². The van der Waals surface area contributed by atoms with Crippen LogP contribution in [0.5, 0.6) is 0 Å². The van der Waals surface area contributed by atoms with Gasteiger partial charge in [-0.15, -0.1) is 5.10 Å². The van der Waals surface area contributed by atoms with Crippen molar-refractivity contribution in [2.24, 2.45) is 0 Å². The SMILES string of the molecule is CN[C@@H](Cc1cn(CCOS(=O)(=O)O)nn1)C(=O)CCCSC.O=C=O. The van der Waals surface area contributed by atoms with E-state index in [9.17, 15) is 13.2 Å². The van der Waals surface area contributed by atoms with E-state index in [1.54, 1.807) is 25.0 Å². The summed E-state index contributed by atoms with van der Waals surface area (Å²) in [5.74, 6) is 1.08. The Kier molecular flexibility index (Phi) is 12.7. The molecule has 1 aromatic rings. The number of carbonyl (C=O) groups is 1.